The minimum absolute atomic E-state index is 0.244. The number of fused-ring (bicyclic) bond motifs is 2. The number of hydrogen-bond donors (Lipinski definition) is 1. The molecule has 2 bridgehead atoms. The summed E-state index contributed by atoms with van der Waals surface area (Å²) in [6, 6.07) is -0.513. The van der Waals surface area contributed by atoms with E-state index in [1.54, 1.807) is 0 Å². The number of carbonyl (C=O) groups is 3. The first-order valence-electron chi connectivity index (χ1n) is 5.38. The van der Waals surface area contributed by atoms with Crippen molar-refractivity contribution in [1.82, 2.24) is 5.32 Å². The molecule has 3 unspecified atom stereocenters. The molecule has 2 fully saturated rings. The molecule has 1 N–H and O–H groups in total. The van der Waals surface area contributed by atoms with Gasteiger partial charge in [-0.05, 0) is 18.9 Å². The lowest BCUT2D eigenvalue weighted by molar-refractivity contribution is -0.216. The van der Waals surface area contributed by atoms with E-state index in [0.29, 0.717) is 19.3 Å². The molecule has 0 aromatic heterocycles. The highest BCUT2D eigenvalue weighted by molar-refractivity contribution is 5.87. The minimum atomic E-state index is -1.33. The first-order chi connectivity index (χ1) is 8.11. The fourth-order valence-corrected chi connectivity index (χ4v) is 2.39. The van der Waals surface area contributed by atoms with Gasteiger partial charge in [-0.15, -0.1) is 0 Å². The zero-order chi connectivity index (χ0) is 12.5. The predicted molar refractivity (Wildman–Crippen MR) is 55.4 cm³/mol. The molecule has 0 radical (unpaired) electrons. The van der Waals surface area contributed by atoms with Crippen LogP contribution in [0.4, 0.5) is 0 Å². The second kappa shape index (κ2) is 4.20. The van der Waals surface area contributed by atoms with Crippen LogP contribution in [0, 0.1) is 5.92 Å². The Labute approximate surface area is 97.9 Å². The largest absolute Gasteiger partial charge is 0.422 e. The van der Waals surface area contributed by atoms with Gasteiger partial charge in [0.15, 0.2) is 0 Å². The standard InChI is InChI=1S/C11H13NO5/c1-2-9(14)12-8-4-3-7-5-11(8,16-6-13)17-10(7)15/h2,6-8H,1,3-5H2,(H,12,14). The van der Waals surface area contributed by atoms with E-state index >= 15 is 0 Å². The molecule has 92 valence electrons. The van der Waals surface area contributed by atoms with Gasteiger partial charge >= 0.3 is 5.97 Å². The Morgan fingerprint density at radius 3 is 3.00 bits per heavy atom. The van der Waals surface area contributed by atoms with E-state index in [1.165, 1.54) is 0 Å². The van der Waals surface area contributed by atoms with Gasteiger partial charge in [-0.2, -0.15) is 0 Å². The minimum Gasteiger partial charge on any atom is -0.422 e. The smallest absolute Gasteiger partial charge is 0.312 e. The lowest BCUT2D eigenvalue weighted by atomic mass is 9.84. The maximum atomic E-state index is 11.5. The van der Waals surface area contributed by atoms with Gasteiger partial charge in [-0.1, -0.05) is 6.58 Å². The molecule has 2 aliphatic rings. The van der Waals surface area contributed by atoms with Crippen LogP contribution in [0.25, 0.3) is 0 Å². The van der Waals surface area contributed by atoms with Crippen molar-refractivity contribution in [2.45, 2.75) is 31.1 Å². The molecule has 0 spiro atoms. The Balaban J connectivity index is 2.19. The van der Waals surface area contributed by atoms with Crippen molar-refractivity contribution in [2.75, 3.05) is 0 Å². The molecule has 1 aliphatic carbocycles. The third kappa shape index (κ3) is 1.90. The zero-order valence-electron chi connectivity index (χ0n) is 9.18. The summed E-state index contributed by atoms with van der Waals surface area (Å²) in [7, 11) is 0. The van der Waals surface area contributed by atoms with Crippen LogP contribution in [0.15, 0.2) is 12.7 Å². The number of esters is 1. The van der Waals surface area contributed by atoms with Gasteiger partial charge < -0.3 is 14.8 Å². The summed E-state index contributed by atoms with van der Waals surface area (Å²) < 4.78 is 10.0. The molecular weight excluding hydrogens is 226 g/mol. The first-order valence-corrected chi connectivity index (χ1v) is 5.38. The fourth-order valence-electron chi connectivity index (χ4n) is 2.39. The van der Waals surface area contributed by atoms with Crippen LogP contribution in [0.5, 0.6) is 0 Å². The Morgan fingerprint density at radius 1 is 1.59 bits per heavy atom. The van der Waals surface area contributed by atoms with Crippen LogP contribution in [-0.4, -0.2) is 30.2 Å². The summed E-state index contributed by atoms with van der Waals surface area (Å²) in [5.74, 6) is -2.33. The Morgan fingerprint density at radius 2 is 2.35 bits per heavy atom. The second-order valence-corrected chi connectivity index (χ2v) is 4.19. The van der Waals surface area contributed by atoms with Crippen LogP contribution in [0.3, 0.4) is 0 Å². The fraction of sp³-hybridized carbons (Fsp3) is 0.545. The van der Waals surface area contributed by atoms with Crippen molar-refractivity contribution in [3.8, 4) is 0 Å². The molecule has 1 aliphatic heterocycles. The van der Waals surface area contributed by atoms with E-state index in [4.69, 9.17) is 9.47 Å². The predicted octanol–water partition coefficient (Wildman–Crippen LogP) is -0.117. The normalized spacial score (nSPS) is 34.7. The third-order valence-corrected chi connectivity index (χ3v) is 3.22. The monoisotopic (exact) mass is 239 g/mol. The number of amides is 1. The van der Waals surface area contributed by atoms with E-state index < -0.39 is 11.8 Å². The van der Waals surface area contributed by atoms with Crippen LogP contribution < -0.4 is 5.32 Å². The number of ether oxygens (including phenoxy) is 2. The number of nitrogens with one attached hydrogen (secondary N) is 1. The number of carbonyl (C=O) groups excluding carboxylic acids is 3. The molecule has 2 rings (SSSR count). The Bertz CT molecular complexity index is 380. The number of rotatable bonds is 4. The molecule has 1 heterocycles. The maximum absolute atomic E-state index is 11.5. The van der Waals surface area contributed by atoms with Crippen molar-refractivity contribution in [3.63, 3.8) is 0 Å². The van der Waals surface area contributed by atoms with Crippen molar-refractivity contribution in [2.24, 2.45) is 5.92 Å². The average molecular weight is 239 g/mol. The van der Waals surface area contributed by atoms with Gasteiger partial charge in [0.1, 0.15) is 6.04 Å². The van der Waals surface area contributed by atoms with Gasteiger partial charge in [-0.25, -0.2) is 0 Å². The maximum Gasteiger partial charge on any atom is 0.312 e. The first kappa shape index (κ1) is 11.6. The topological polar surface area (TPSA) is 81.7 Å². The summed E-state index contributed by atoms with van der Waals surface area (Å²) in [6.45, 7) is 3.58. The zero-order valence-corrected chi connectivity index (χ0v) is 9.18. The van der Waals surface area contributed by atoms with Gasteiger partial charge in [0.2, 0.25) is 5.91 Å². The molecule has 3 atom stereocenters. The van der Waals surface area contributed by atoms with Gasteiger partial charge in [-0.3, -0.25) is 14.4 Å². The van der Waals surface area contributed by atoms with Gasteiger partial charge in [0.05, 0.1) is 5.92 Å². The summed E-state index contributed by atoms with van der Waals surface area (Å²) in [5, 5.41) is 2.62. The Hall–Kier alpha value is -1.85. The van der Waals surface area contributed by atoms with Crippen LogP contribution in [0.1, 0.15) is 19.3 Å². The van der Waals surface area contributed by atoms with Crippen molar-refractivity contribution < 1.29 is 23.9 Å². The van der Waals surface area contributed by atoms with E-state index in [-0.39, 0.29) is 24.3 Å². The van der Waals surface area contributed by atoms with Crippen LogP contribution in [-0.2, 0) is 23.9 Å². The lowest BCUT2D eigenvalue weighted by Crippen LogP contribution is -2.55. The van der Waals surface area contributed by atoms with E-state index in [1.807, 2.05) is 0 Å². The second-order valence-electron chi connectivity index (χ2n) is 4.19. The molecule has 1 saturated carbocycles. The summed E-state index contributed by atoms with van der Waals surface area (Å²) >= 11 is 0. The van der Waals surface area contributed by atoms with E-state index in [0.717, 1.165) is 6.08 Å². The van der Waals surface area contributed by atoms with Gasteiger partial charge in [0, 0.05) is 6.42 Å². The molecule has 0 aromatic rings. The molecular formula is C11H13NO5. The highest BCUT2D eigenvalue weighted by Crippen LogP contribution is 2.43. The quantitative estimate of drug-likeness (QED) is 0.420. The molecule has 6 nitrogen and oxygen atoms in total. The van der Waals surface area contributed by atoms with Crippen LogP contribution >= 0.6 is 0 Å². The summed E-state index contributed by atoms with van der Waals surface area (Å²) in [5.41, 5.74) is 0. The average Bonchev–Trinajstić information content (AvgIpc) is 2.56. The van der Waals surface area contributed by atoms with Crippen molar-refractivity contribution in [1.29, 1.82) is 0 Å². The SMILES string of the molecule is C=CC(=O)NC1CCC2CC1(OC=O)OC2=O. The van der Waals surface area contributed by atoms with E-state index in [9.17, 15) is 14.4 Å². The van der Waals surface area contributed by atoms with E-state index in [2.05, 4.69) is 11.9 Å². The third-order valence-electron chi connectivity index (χ3n) is 3.22. The Kier molecular flexibility index (Phi) is 2.87. The van der Waals surface area contributed by atoms with Crippen LogP contribution in [0.2, 0.25) is 0 Å². The molecule has 1 saturated heterocycles. The highest BCUT2D eigenvalue weighted by atomic mass is 16.7. The highest BCUT2D eigenvalue weighted by Gasteiger charge is 2.57. The van der Waals surface area contributed by atoms with Gasteiger partial charge in [0.25, 0.3) is 12.3 Å². The molecule has 0 aromatic carbocycles. The van der Waals surface area contributed by atoms with Crippen molar-refractivity contribution >= 4 is 18.3 Å². The van der Waals surface area contributed by atoms with Crippen molar-refractivity contribution in [3.05, 3.63) is 12.7 Å². The number of hydrogen-bond acceptors (Lipinski definition) is 5. The molecule has 1 amide bonds. The summed E-state index contributed by atoms with van der Waals surface area (Å²) in [4.78, 5) is 33.3. The summed E-state index contributed by atoms with van der Waals surface area (Å²) in [6.07, 6.45) is 2.57. The molecule has 17 heavy (non-hydrogen) atoms. The molecule has 6 heteroatoms. The lowest BCUT2D eigenvalue weighted by Gasteiger charge is -2.36.